The van der Waals surface area contributed by atoms with Gasteiger partial charge in [-0.3, -0.25) is 4.79 Å². The van der Waals surface area contributed by atoms with E-state index in [2.05, 4.69) is 43.2 Å². The molecule has 0 aliphatic heterocycles. The molecule has 0 saturated heterocycles. The number of hydrogen-bond acceptors (Lipinski definition) is 4. The Bertz CT molecular complexity index is 362. The van der Waals surface area contributed by atoms with Crippen molar-refractivity contribution in [2.45, 2.75) is 38.9 Å². The van der Waals surface area contributed by atoms with Crippen molar-refractivity contribution in [1.82, 2.24) is 20.1 Å². The number of nitrogens with zero attached hydrogens (tertiary/aromatic N) is 3. The van der Waals surface area contributed by atoms with E-state index < -0.39 is 0 Å². The van der Waals surface area contributed by atoms with Crippen LogP contribution in [0.1, 0.15) is 33.7 Å². The molecule has 0 aliphatic carbocycles. The third-order valence-electron chi connectivity index (χ3n) is 2.14. The van der Waals surface area contributed by atoms with Gasteiger partial charge in [0.2, 0.25) is 5.91 Å². The Morgan fingerprint density at radius 3 is 2.76 bits per heavy atom. The number of thioether (sulfide) groups is 1. The Hall–Kier alpha value is -1.04. The fourth-order valence-corrected chi connectivity index (χ4v) is 2.06. The Morgan fingerprint density at radius 1 is 1.47 bits per heavy atom. The largest absolute Gasteiger partial charge is 0.355 e. The predicted octanol–water partition coefficient (Wildman–Crippen LogP) is 1.72. The van der Waals surface area contributed by atoms with Gasteiger partial charge in [-0.25, -0.2) is 0 Å². The summed E-state index contributed by atoms with van der Waals surface area (Å²) in [6, 6.07) is 0.311. The maximum Gasteiger partial charge on any atom is 0.230 e. The van der Waals surface area contributed by atoms with Gasteiger partial charge in [-0.1, -0.05) is 25.6 Å². The number of carbonyl (C=O) groups excluding carboxylic acids is 1. The van der Waals surface area contributed by atoms with Crippen molar-refractivity contribution < 1.29 is 4.79 Å². The number of nitrogens with one attached hydrogen (secondary N) is 1. The van der Waals surface area contributed by atoms with Gasteiger partial charge >= 0.3 is 0 Å². The van der Waals surface area contributed by atoms with Gasteiger partial charge in [-0.2, -0.15) is 0 Å². The van der Waals surface area contributed by atoms with E-state index in [4.69, 9.17) is 0 Å². The minimum Gasteiger partial charge on any atom is -0.355 e. The Morgan fingerprint density at radius 2 is 2.18 bits per heavy atom. The zero-order valence-electron chi connectivity index (χ0n) is 10.8. The Balaban J connectivity index is 2.39. The van der Waals surface area contributed by atoms with Gasteiger partial charge in [-0.15, -0.1) is 10.2 Å². The lowest BCUT2D eigenvalue weighted by Crippen LogP contribution is -2.28. The molecule has 96 valence electrons. The molecule has 0 spiro atoms. The molecule has 17 heavy (non-hydrogen) atoms. The smallest absolute Gasteiger partial charge is 0.230 e. The van der Waals surface area contributed by atoms with Crippen molar-refractivity contribution in [3.63, 3.8) is 0 Å². The van der Waals surface area contributed by atoms with Crippen LogP contribution in [0.15, 0.2) is 11.5 Å². The van der Waals surface area contributed by atoms with Crippen molar-refractivity contribution in [3.05, 3.63) is 6.33 Å². The quantitative estimate of drug-likeness (QED) is 0.787. The molecular formula is C11H20N4OS. The molecule has 0 bridgehead atoms. The van der Waals surface area contributed by atoms with Crippen LogP contribution in [0.3, 0.4) is 0 Å². The zero-order valence-corrected chi connectivity index (χ0v) is 11.6. The molecule has 1 amide bonds. The Kier molecular flexibility index (Phi) is 5.47. The lowest BCUT2D eigenvalue weighted by atomic mass is 10.2. The maximum atomic E-state index is 11.5. The van der Waals surface area contributed by atoms with Gasteiger partial charge in [-0.05, 0) is 19.8 Å². The number of amides is 1. The first kappa shape index (κ1) is 14.0. The summed E-state index contributed by atoms with van der Waals surface area (Å²) < 4.78 is 1.96. The second kappa shape index (κ2) is 6.64. The molecule has 0 saturated carbocycles. The molecule has 1 heterocycles. The van der Waals surface area contributed by atoms with Crippen molar-refractivity contribution in [2.75, 3.05) is 12.3 Å². The second-order valence-corrected chi connectivity index (χ2v) is 5.54. The van der Waals surface area contributed by atoms with Crippen LogP contribution in [-0.2, 0) is 4.79 Å². The highest BCUT2D eigenvalue weighted by molar-refractivity contribution is 7.99. The van der Waals surface area contributed by atoms with Gasteiger partial charge in [0.15, 0.2) is 5.16 Å². The van der Waals surface area contributed by atoms with Crippen LogP contribution in [-0.4, -0.2) is 33.0 Å². The molecule has 1 aromatic heterocycles. The molecule has 0 aliphatic rings. The summed E-state index contributed by atoms with van der Waals surface area (Å²) >= 11 is 1.42. The van der Waals surface area contributed by atoms with Crippen LogP contribution in [0.2, 0.25) is 0 Å². The van der Waals surface area contributed by atoms with Crippen LogP contribution in [0.25, 0.3) is 0 Å². The molecule has 0 atom stereocenters. The first-order chi connectivity index (χ1) is 8.00. The average molecular weight is 256 g/mol. The fraction of sp³-hybridized carbons (Fsp3) is 0.727. The topological polar surface area (TPSA) is 59.8 Å². The SMILES string of the molecule is CC(C)CNC(=O)CSc1nncn1C(C)C. The van der Waals surface area contributed by atoms with E-state index in [1.807, 2.05) is 4.57 Å². The van der Waals surface area contributed by atoms with Gasteiger partial charge in [0, 0.05) is 12.6 Å². The maximum absolute atomic E-state index is 11.5. The van der Waals surface area contributed by atoms with E-state index in [-0.39, 0.29) is 5.91 Å². The number of carbonyl (C=O) groups is 1. The highest BCUT2D eigenvalue weighted by Gasteiger charge is 2.10. The van der Waals surface area contributed by atoms with E-state index in [9.17, 15) is 4.79 Å². The molecule has 0 unspecified atom stereocenters. The molecule has 6 heteroatoms. The second-order valence-electron chi connectivity index (χ2n) is 4.60. The summed E-state index contributed by atoms with van der Waals surface area (Å²) in [5.74, 6) is 0.906. The third-order valence-corrected chi connectivity index (χ3v) is 3.09. The lowest BCUT2D eigenvalue weighted by molar-refractivity contribution is -0.118. The Labute approximate surface area is 106 Å². The summed E-state index contributed by atoms with van der Waals surface area (Å²) in [5, 5.41) is 11.5. The lowest BCUT2D eigenvalue weighted by Gasteiger charge is -2.10. The van der Waals surface area contributed by atoms with Crippen molar-refractivity contribution >= 4 is 17.7 Å². The third kappa shape index (κ3) is 4.77. The molecule has 0 aromatic carbocycles. The molecule has 0 radical (unpaired) electrons. The van der Waals surface area contributed by atoms with E-state index in [1.165, 1.54) is 11.8 Å². The van der Waals surface area contributed by atoms with Gasteiger partial charge in [0.1, 0.15) is 6.33 Å². The van der Waals surface area contributed by atoms with E-state index >= 15 is 0 Å². The van der Waals surface area contributed by atoms with Crippen LogP contribution in [0.5, 0.6) is 0 Å². The molecular weight excluding hydrogens is 236 g/mol. The molecule has 1 N–H and O–H groups in total. The zero-order chi connectivity index (χ0) is 12.8. The van der Waals surface area contributed by atoms with Crippen molar-refractivity contribution in [2.24, 2.45) is 5.92 Å². The normalized spacial score (nSPS) is 11.2. The van der Waals surface area contributed by atoms with Crippen molar-refractivity contribution in [3.8, 4) is 0 Å². The summed E-state index contributed by atoms with van der Waals surface area (Å²) in [4.78, 5) is 11.5. The summed E-state index contributed by atoms with van der Waals surface area (Å²) in [5.41, 5.74) is 0. The minimum absolute atomic E-state index is 0.0435. The van der Waals surface area contributed by atoms with E-state index in [1.54, 1.807) is 6.33 Å². The molecule has 0 fully saturated rings. The number of aromatic nitrogens is 3. The number of hydrogen-bond donors (Lipinski definition) is 1. The van der Waals surface area contributed by atoms with Crippen molar-refractivity contribution in [1.29, 1.82) is 0 Å². The van der Waals surface area contributed by atoms with Crippen LogP contribution in [0.4, 0.5) is 0 Å². The van der Waals surface area contributed by atoms with Gasteiger partial charge in [0.25, 0.3) is 0 Å². The summed E-state index contributed by atoms with van der Waals surface area (Å²) in [7, 11) is 0. The van der Waals surface area contributed by atoms with Crippen LogP contribution in [0, 0.1) is 5.92 Å². The number of rotatable bonds is 6. The molecule has 5 nitrogen and oxygen atoms in total. The van der Waals surface area contributed by atoms with Gasteiger partial charge in [0.05, 0.1) is 5.75 Å². The standard InChI is InChI=1S/C11H20N4OS/c1-8(2)5-12-10(16)6-17-11-14-13-7-15(11)9(3)4/h7-9H,5-6H2,1-4H3,(H,12,16). The van der Waals surface area contributed by atoms with E-state index in [0.717, 1.165) is 11.7 Å². The average Bonchev–Trinajstić information content (AvgIpc) is 2.71. The van der Waals surface area contributed by atoms with Crippen LogP contribution >= 0.6 is 11.8 Å². The highest BCUT2D eigenvalue weighted by atomic mass is 32.2. The minimum atomic E-state index is 0.0435. The first-order valence-corrected chi connectivity index (χ1v) is 6.78. The monoisotopic (exact) mass is 256 g/mol. The van der Waals surface area contributed by atoms with E-state index in [0.29, 0.717) is 17.7 Å². The highest BCUT2D eigenvalue weighted by Crippen LogP contribution is 2.18. The predicted molar refractivity (Wildman–Crippen MR) is 69.0 cm³/mol. The van der Waals surface area contributed by atoms with Gasteiger partial charge < -0.3 is 9.88 Å². The molecule has 1 rings (SSSR count). The summed E-state index contributed by atoms with van der Waals surface area (Å²) in [6.45, 7) is 8.99. The fourth-order valence-electron chi connectivity index (χ4n) is 1.19. The molecule has 1 aromatic rings. The summed E-state index contributed by atoms with van der Waals surface area (Å²) in [6.07, 6.45) is 1.69. The first-order valence-electron chi connectivity index (χ1n) is 5.79. The van der Waals surface area contributed by atoms with Crippen LogP contribution < -0.4 is 5.32 Å².